The van der Waals surface area contributed by atoms with E-state index >= 15 is 0 Å². The topological polar surface area (TPSA) is 128 Å². The fourth-order valence-electron chi connectivity index (χ4n) is 7.29. The summed E-state index contributed by atoms with van der Waals surface area (Å²) in [6.07, 6.45) is 5.05. The molecule has 7 rings (SSSR count). The molecule has 2 aromatic carbocycles. The molecule has 3 aliphatic heterocycles. The van der Waals surface area contributed by atoms with Crippen molar-refractivity contribution in [3.05, 3.63) is 59.2 Å². The molecule has 250 valence electrons. The van der Waals surface area contributed by atoms with Crippen molar-refractivity contribution in [1.82, 2.24) is 35.1 Å². The minimum Gasteiger partial charge on any atom is -0.444 e. The Morgan fingerprint density at radius 2 is 1.11 bits per heavy atom. The number of nitrogens with zero attached hydrogens (tertiary/aromatic N) is 4. The van der Waals surface area contributed by atoms with Gasteiger partial charge in [0, 0.05) is 25.2 Å². The van der Waals surface area contributed by atoms with Gasteiger partial charge in [-0.05, 0) is 115 Å². The van der Waals surface area contributed by atoms with Crippen LogP contribution >= 0.6 is 0 Å². The maximum absolute atomic E-state index is 12.9. The molecule has 11 heteroatoms. The van der Waals surface area contributed by atoms with Crippen molar-refractivity contribution < 1.29 is 19.1 Å². The number of rotatable bonds is 4. The van der Waals surface area contributed by atoms with Gasteiger partial charge >= 0.3 is 12.2 Å². The summed E-state index contributed by atoms with van der Waals surface area (Å²) in [5.74, 6) is 1.63. The average molecular weight is 642 g/mol. The van der Waals surface area contributed by atoms with E-state index in [1.165, 1.54) is 11.1 Å². The number of amides is 2. The summed E-state index contributed by atoms with van der Waals surface area (Å²) in [6.45, 7) is 12.7. The molecule has 3 saturated heterocycles. The van der Waals surface area contributed by atoms with Crippen molar-refractivity contribution in [2.24, 2.45) is 0 Å². The summed E-state index contributed by atoms with van der Waals surface area (Å²) >= 11 is 0. The van der Waals surface area contributed by atoms with Gasteiger partial charge < -0.3 is 24.8 Å². The zero-order chi connectivity index (χ0) is 33.1. The smallest absolute Gasteiger partial charge is 0.410 e. The van der Waals surface area contributed by atoms with E-state index in [0.29, 0.717) is 13.1 Å². The number of carbonyl (C=O) groups excluding carboxylic acids is 2. The number of hydrogen-bond donors (Lipinski definition) is 3. The third kappa shape index (κ3) is 6.54. The molecule has 4 atom stereocenters. The van der Waals surface area contributed by atoms with Gasteiger partial charge in [-0.3, -0.25) is 9.80 Å². The molecule has 0 aliphatic carbocycles. The minimum atomic E-state index is -0.535. The number of aromatic nitrogens is 4. The maximum Gasteiger partial charge on any atom is 0.410 e. The van der Waals surface area contributed by atoms with E-state index in [-0.39, 0.29) is 36.4 Å². The number of carbonyl (C=O) groups is 2. The van der Waals surface area contributed by atoms with Gasteiger partial charge in [-0.2, -0.15) is 0 Å². The summed E-state index contributed by atoms with van der Waals surface area (Å²) in [6, 6.07) is 13.1. The van der Waals surface area contributed by atoms with E-state index in [9.17, 15) is 9.59 Å². The van der Waals surface area contributed by atoms with Crippen molar-refractivity contribution in [3.63, 3.8) is 0 Å². The van der Waals surface area contributed by atoms with Crippen molar-refractivity contribution in [3.8, 4) is 0 Å². The van der Waals surface area contributed by atoms with Crippen LogP contribution in [-0.4, -0.2) is 66.2 Å². The van der Waals surface area contributed by atoms with Crippen molar-refractivity contribution in [2.45, 2.75) is 115 Å². The van der Waals surface area contributed by atoms with Crippen LogP contribution in [0.2, 0.25) is 0 Å². The molecule has 3 N–H and O–H groups in total. The molecule has 2 amide bonds. The molecule has 4 aromatic rings. The summed E-state index contributed by atoms with van der Waals surface area (Å²) in [7, 11) is 0. The SMILES string of the molecule is CC(C)(C)OC(=O)N1CCCC1c1nc2ccc(C3CCC(c4ccc5nc(C6CCCN6C(=O)OC(C)(C)C)[nH]c5c4)N3)cc2[nH]1. The molecule has 0 spiro atoms. The predicted octanol–water partition coefficient (Wildman–Crippen LogP) is 7.75. The molecule has 5 heterocycles. The highest BCUT2D eigenvalue weighted by Gasteiger charge is 2.36. The summed E-state index contributed by atoms with van der Waals surface area (Å²) < 4.78 is 11.3. The lowest BCUT2D eigenvalue weighted by atomic mass is 10.0. The Bertz CT molecular complexity index is 1670. The second kappa shape index (κ2) is 11.8. The molecule has 0 bridgehead atoms. The Kier molecular flexibility index (Phi) is 7.93. The van der Waals surface area contributed by atoms with E-state index in [1.807, 2.05) is 41.5 Å². The van der Waals surface area contributed by atoms with Crippen LogP contribution in [0.4, 0.5) is 9.59 Å². The minimum absolute atomic E-state index is 0.110. The molecule has 0 saturated carbocycles. The number of aromatic amines is 2. The zero-order valence-corrected chi connectivity index (χ0v) is 28.4. The van der Waals surface area contributed by atoms with Crippen LogP contribution in [0.5, 0.6) is 0 Å². The van der Waals surface area contributed by atoms with Crippen LogP contribution in [0.25, 0.3) is 22.1 Å². The number of H-pyrrole nitrogens is 2. The highest BCUT2D eigenvalue weighted by Crippen LogP contribution is 2.38. The first kappa shape index (κ1) is 31.5. The van der Waals surface area contributed by atoms with Crippen LogP contribution in [0.3, 0.4) is 0 Å². The number of benzene rings is 2. The zero-order valence-electron chi connectivity index (χ0n) is 28.4. The van der Waals surface area contributed by atoms with Gasteiger partial charge in [-0.1, -0.05) is 12.1 Å². The van der Waals surface area contributed by atoms with Crippen LogP contribution in [-0.2, 0) is 9.47 Å². The Labute approximate surface area is 275 Å². The van der Waals surface area contributed by atoms with Crippen molar-refractivity contribution in [1.29, 1.82) is 0 Å². The molecule has 2 aromatic heterocycles. The van der Waals surface area contributed by atoms with Gasteiger partial charge in [0.05, 0.1) is 34.2 Å². The number of ether oxygens (including phenoxy) is 2. The van der Waals surface area contributed by atoms with Crippen molar-refractivity contribution >= 4 is 34.3 Å². The Balaban J connectivity index is 1.04. The van der Waals surface area contributed by atoms with Crippen LogP contribution in [0.1, 0.15) is 127 Å². The van der Waals surface area contributed by atoms with Gasteiger partial charge in [-0.25, -0.2) is 19.6 Å². The van der Waals surface area contributed by atoms with Gasteiger partial charge in [0.15, 0.2) is 0 Å². The number of nitrogens with one attached hydrogen (secondary N) is 3. The van der Waals surface area contributed by atoms with Gasteiger partial charge in [0.1, 0.15) is 22.9 Å². The lowest BCUT2D eigenvalue weighted by Crippen LogP contribution is -2.36. The fraction of sp³-hybridized carbons (Fsp3) is 0.556. The molecule has 47 heavy (non-hydrogen) atoms. The average Bonchev–Trinajstić information content (AvgIpc) is 3.82. The predicted molar refractivity (Wildman–Crippen MR) is 180 cm³/mol. The first-order valence-electron chi connectivity index (χ1n) is 17.1. The second-order valence-corrected chi connectivity index (χ2v) is 15.3. The standard InChI is InChI=1S/C36H47N7O4/c1-35(2,3)46-33(44)42-17-7-9-29(42)31-38-25-13-11-21(19-27(25)40-31)23-15-16-24(37-23)22-12-14-26-28(20-22)41-32(39-26)30-10-8-18-43(30)34(45)47-36(4,5)6/h11-14,19-20,23-24,29-30,37H,7-10,15-18H2,1-6H3,(H,38,40)(H,39,41). The molecule has 0 radical (unpaired) electrons. The molecule has 4 unspecified atom stereocenters. The summed E-state index contributed by atoms with van der Waals surface area (Å²) in [4.78, 5) is 46.2. The van der Waals surface area contributed by atoms with E-state index in [2.05, 4.69) is 51.7 Å². The Hall–Kier alpha value is -4.12. The lowest BCUT2D eigenvalue weighted by molar-refractivity contribution is 0.0208. The first-order chi connectivity index (χ1) is 22.3. The largest absolute Gasteiger partial charge is 0.444 e. The normalized spacial score (nSPS) is 23.7. The van der Waals surface area contributed by atoms with Crippen LogP contribution < -0.4 is 5.32 Å². The number of fused-ring (bicyclic) bond motifs is 2. The van der Waals surface area contributed by atoms with Gasteiger partial charge in [-0.15, -0.1) is 0 Å². The number of hydrogen-bond acceptors (Lipinski definition) is 7. The van der Waals surface area contributed by atoms with E-state index in [4.69, 9.17) is 19.4 Å². The quantitative estimate of drug-likeness (QED) is 0.208. The highest BCUT2D eigenvalue weighted by molar-refractivity contribution is 5.78. The highest BCUT2D eigenvalue weighted by atomic mass is 16.6. The molecular weight excluding hydrogens is 594 g/mol. The van der Waals surface area contributed by atoms with E-state index in [0.717, 1.165) is 72.2 Å². The van der Waals surface area contributed by atoms with E-state index < -0.39 is 11.2 Å². The summed E-state index contributed by atoms with van der Waals surface area (Å²) in [5, 5.41) is 3.86. The lowest BCUT2D eigenvalue weighted by Gasteiger charge is -2.27. The first-order valence-corrected chi connectivity index (χ1v) is 17.1. The number of likely N-dealkylation sites (tertiary alicyclic amines) is 2. The van der Waals surface area contributed by atoms with Crippen LogP contribution in [0.15, 0.2) is 36.4 Å². The number of imidazole rings is 2. The van der Waals surface area contributed by atoms with Gasteiger partial charge in [0.25, 0.3) is 0 Å². The third-order valence-corrected chi connectivity index (χ3v) is 9.39. The molecule has 3 fully saturated rings. The van der Waals surface area contributed by atoms with Crippen molar-refractivity contribution in [2.75, 3.05) is 13.1 Å². The Morgan fingerprint density at radius 3 is 1.51 bits per heavy atom. The van der Waals surface area contributed by atoms with Gasteiger partial charge in [0.2, 0.25) is 0 Å². The maximum atomic E-state index is 12.9. The monoisotopic (exact) mass is 641 g/mol. The Morgan fingerprint density at radius 1 is 0.681 bits per heavy atom. The molecular formula is C36H47N7O4. The molecule has 3 aliphatic rings. The summed E-state index contributed by atoms with van der Waals surface area (Å²) in [5.41, 5.74) is 5.15. The fourth-order valence-corrected chi connectivity index (χ4v) is 7.29. The van der Waals surface area contributed by atoms with E-state index in [1.54, 1.807) is 9.80 Å². The third-order valence-electron chi connectivity index (χ3n) is 9.39. The van der Waals surface area contributed by atoms with Crippen LogP contribution in [0, 0.1) is 0 Å². The second-order valence-electron chi connectivity index (χ2n) is 15.3. The molecule has 11 nitrogen and oxygen atoms in total.